The summed E-state index contributed by atoms with van der Waals surface area (Å²) < 4.78 is 27.0. The number of hydrogen-bond donors (Lipinski definition) is 2. The second-order valence-corrected chi connectivity index (χ2v) is 8.45. The fourth-order valence-electron chi connectivity index (χ4n) is 3.15. The molecule has 1 amide bonds. The van der Waals surface area contributed by atoms with Crippen molar-refractivity contribution in [1.82, 2.24) is 19.8 Å². The van der Waals surface area contributed by atoms with Crippen molar-refractivity contribution in [3.05, 3.63) is 0 Å². The number of amides is 1. The Kier molecular flexibility index (Phi) is 3.72. The number of fused-ring (bicyclic) bond motifs is 1. The first kappa shape index (κ1) is 14.8. The normalized spacial score (nSPS) is 29.5. The minimum Gasteiger partial charge on any atom is -0.315 e. The molecule has 8 nitrogen and oxygen atoms in total. The van der Waals surface area contributed by atoms with E-state index in [1.807, 2.05) is 6.92 Å². The average Bonchev–Trinajstić information content (AvgIpc) is 3.02. The SMILES string of the molecule is CC(=O)Nc1nnc(S(=O)(=O)N2C(C)CC3CNCC32)s1. The third-order valence-corrected chi connectivity index (χ3v) is 7.12. The average molecular weight is 331 g/mol. The molecule has 116 valence electrons. The summed E-state index contributed by atoms with van der Waals surface area (Å²) in [6, 6.07) is -0.0571. The van der Waals surface area contributed by atoms with Gasteiger partial charge in [0.1, 0.15) is 0 Å². The topological polar surface area (TPSA) is 104 Å². The van der Waals surface area contributed by atoms with Crippen LogP contribution in [0.15, 0.2) is 4.34 Å². The van der Waals surface area contributed by atoms with E-state index in [9.17, 15) is 13.2 Å². The first-order valence-corrected chi connectivity index (χ1v) is 9.00. The van der Waals surface area contributed by atoms with Crippen molar-refractivity contribution in [3.63, 3.8) is 0 Å². The van der Waals surface area contributed by atoms with Crippen LogP contribution in [-0.2, 0) is 14.8 Å². The molecule has 0 spiro atoms. The van der Waals surface area contributed by atoms with Gasteiger partial charge in [0.25, 0.3) is 10.0 Å². The lowest BCUT2D eigenvalue weighted by Gasteiger charge is -2.24. The highest BCUT2D eigenvalue weighted by Crippen LogP contribution is 2.37. The maximum Gasteiger partial charge on any atom is 0.272 e. The number of aromatic nitrogens is 2. The number of anilines is 1. The molecule has 2 N–H and O–H groups in total. The number of carbonyl (C=O) groups excluding carboxylic acids is 1. The lowest BCUT2D eigenvalue weighted by atomic mass is 10.0. The van der Waals surface area contributed by atoms with Gasteiger partial charge < -0.3 is 10.6 Å². The van der Waals surface area contributed by atoms with Gasteiger partial charge in [-0.25, -0.2) is 8.42 Å². The molecule has 0 saturated carbocycles. The highest BCUT2D eigenvalue weighted by Gasteiger charge is 2.48. The quantitative estimate of drug-likeness (QED) is 0.748. The largest absolute Gasteiger partial charge is 0.315 e. The van der Waals surface area contributed by atoms with Gasteiger partial charge in [0.15, 0.2) is 0 Å². The van der Waals surface area contributed by atoms with Crippen molar-refractivity contribution in [2.45, 2.75) is 36.7 Å². The van der Waals surface area contributed by atoms with Gasteiger partial charge in [0.05, 0.1) is 0 Å². The number of sulfonamides is 1. The van der Waals surface area contributed by atoms with E-state index in [0.29, 0.717) is 12.5 Å². The summed E-state index contributed by atoms with van der Waals surface area (Å²) in [5.74, 6) is 0.0576. The molecular weight excluding hydrogens is 314 g/mol. The molecular formula is C11H17N5O3S2. The molecule has 2 aliphatic rings. The highest BCUT2D eigenvalue weighted by atomic mass is 32.2. The van der Waals surface area contributed by atoms with Crippen LogP contribution in [0.25, 0.3) is 0 Å². The lowest BCUT2D eigenvalue weighted by Crippen LogP contribution is -2.42. The monoisotopic (exact) mass is 331 g/mol. The molecule has 2 aliphatic heterocycles. The Hall–Kier alpha value is -1.10. The highest BCUT2D eigenvalue weighted by molar-refractivity contribution is 7.91. The lowest BCUT2D eigenvalue weighted by molar-refractivity contribution is -0.114. The summed E-state index contributed by atoms with van der Waals surface area (Å²) in [6.45, 7) is 4.79. The van der Waals surface area contributed by atoms with Crippen LogP contribution in [0, 0.1) is 5.92 Å². The second-order valence-electron chi connectivity index (χ2n) is 5.46. The predicted molar refractivity (Wildman–Crippen MR) is 77.5 cm³/mol. The number of nitrogens with zero attached hydrogens (tertiary/aromatic N) is 3. The molecule has 3 atom stereocenters. The zero-order valence-electron chi connectivity index (χ0n) is 11.7. The molecule has 3 heterocycles. The van der Waals surface area contributed by atoms with Gasteiger partial charge in [-0.1, -0.05) is 11.3 Å². The van der Waals surface area contributed by atoms with E-state index in [0.717, 1.165) is 24.3 Å². The Morgan fingerprint density at radius 3 is 2.90 bits per heavy atom. The summed E-state index contributed by atoms with van der Waals surface area (Å²) in [5.41, 5.74) is 0. The van der Waals surface area contributed by atoms with Crippen molar-refractivity contribution in [1.29, 1.82) is 0 Å². The van der Waals surface area contributed by atoms with Crippen LogP contribution in [0.1, 0.15) is 20.3 Å². The summed E-state index contributed by atoms with van der Waals surface area (Å²) in [7, 11) is -3.67. The van der Waals surface area contributed by atoms with E-state index < -0.39 is 10.0 Å². The summed E-state index contributed by atoms with van der Waals surface area (Å²) in [4.78, 5) is 11.0. The minimum absolute atomic E-state index is 0.0156. The first-order chi connectivity index (χ1) is 9.89. The molecule has 3 unspecified atom stereocenters. The first-order valence-electron chi connectivity index (χ1n) is 6.75. The van der Waals surface area contributed by atoms with Crippen LogP contribution in [0.4, 0.5) is 5.13 Å². The number of carbonyl (C=O) groups is 1. The Morgan fingerprint density at radius 1 is 1.43 bits per heavy atom. The van der Waals surface area contributed by atoms with E-state index in [2.05, 4.69) is 20.8 Å². The molecule has 1 aromatic rings. The molecule has 21 heavy (non-hydrogen) atoms. The van der Waals surface area contributed by atoms with E-state index in [4.69, 9.17) is 0 Å². The summed E-state index contributed by atoms with van der Waals surface area (Å²) in [6.07, 6.45) is 0.855. The molecule has 0 aromatic carbocycles. The van der Waals surface area contributed by atoms with Crippen LogP contribution in [-0.4, -0.2) is 54.0 Å². The van der Waals surface area contributed by atoms with Crippen molar-refractivity contribution in [2.75, 3.05) is 18.4 Å². The molecule has 0 radical (unpaired) electrons. The van der Waals surface area contributed by atoms with Crippen molar-refractivity contribution < 1.29 is 13.2 Å². The van der Waals surface area contributed by atoms with Gasteiger partial charge in [0.2, 0.25) is 15.4 Å². The standard InChI is InChI=1S/C11H17N5O3S2/c1-6-3-8-4-12-5-9(8)16(6)21(18,19)11-15-14-10(20-11)13-7(2)17/h6,8-9,12H,3-5H2,1-2H3,(H,13,14,17). The third-order valence-electron chi connectivity index (χ3n) is 3.90. The molecule has 1 aromatic heterocycles. The zero-order valence-corrected chi connectivity index (χ0v) is 13.4. The van der Waals surface area contributed by atoms with Gasteiger partial charge in [-0.05, 0) is 25.8 Å². The second kappa shape index (κ2) is 5.27. The third kappa shape index (κ3) is 2.56. The van der Waals surface area contributed by atoms with Gasteiger partial charge in [-0.3, -0.25) is 4.79 Å². The molecule has 3 rings (SSSR count). The molecule has 10 heteroatoms. The zero-order chi connectivity index (χ0) is 15.2. The Morgan fingerprint density at radius 2 is 2.19 bits per heavy atom. The Bertz CT molecular complexity index is 659. The maximum absolute atomic E-state index is 12.8. The van der Waals surface area contributed by atoms with Crippen LogP contribution in [0.5, 0.6) is 0 Å². The fourth-order valence-corrected chi connectivity index (χ4v) is 6.07. The van der Waals surface area contributed by atoms with E-state index >= 15 is 0 Å². The summed E-state index contributed by atoms with van der Waals surface area (Å²) >= 11 is 0.887. The minimum atomic E-state index is -3.67. The maximum atomic E-state index is 12.8. The van der Waals surface area contributed by atoms with Crippen molar-refractivity contribution >= 4 is 32.4 Å². The fraction of sp³-hybridized carbons (Fsp3) is 0.727. The van der Waals surface area contributed by atoms with Crippen molar-refractivity contribution in [3.8, 4) is 0 Å². The van der Waals surface area contributed by atoms with Crippen LogP contribution >= 0.6 is 11.3 Å². The number of rotatable bonds is 3. The number of hydrogen-bond acceptors (Lipinski definition) is 7. The van der Waals surface area contributed by atoms with Crippen LogP contribution < -0.4 is 10.6 Å². The number of nitrogens with one attached hydrogen (secondary N) is 2. The van der Waals surface area contributed by atoms with Crippen molar-refractivity contribution in [2.24, 2.45) is 5.92 Å². The molecule has 0 aliphatic carbocycles. The summed E-state index contributed by atoms with van der Waals surface area (Å²) in [5, 5.41) is 13.4. The van der Waals surface area contributed by atoms with E-state index in [-0.39, 0.29) is 27.5 Å². The molecule has 0 bridgehead atoms. The van der Waals surface area contributed by atoms with Crippen LogP contribution in [0.2, 0.25) is 0 Å². The molecule has 2 saturated heterocycles. The van der Waals surface area contributed by atoms with Gasteiger partial charge >= 0.3 is 0 Å². The van der Waals surface area contributed by atoms with Gasteiger partial charge in [0, 0.05) is 25.6 Å². The van der Waals surface area contributed by atoms with E-state index in [1.54, 1.807) is 4.31 Å². The Balaban J connectivity index is 1.89. The van der Waals surface area contributed by atoms with Gasteiger partial charge in [-0.15, -0.1) is 10.2 Å². The smallest absolute Gasteiger partial charge is 0.272 e. The predicted octanol–water partition coefficient (Wildman–Crippen LogP) is -0.133. The van der Waals surface area contributed by atoms with Crippen LogP contribution in [0.3, 0.4) is 0 Å². The Labute approximate surface area is 127 Å². The molecule has 2 fully saturated rings. The van der Waals surface area contributed by atoms with E-state index in [1.165, 1.54) is 6.92 Å². The van der Waals surface area contributed by atoms with Gasteiger partial charge in [-0.2, -0.15) is 4.31 Å².